The predicted molar refractivity (Wildman–Crippen MR) is 104 cm³/mol. The summed E-state index contributed by atoms with van der Waals surface area (Å²) in [5, 5.41) is 2.98. The van der Waals surface area contributed by atoms with Gasteiger partial charge >= 0.3 is 0 Å². The zero-order valence-electron chi connectivity index (χ0n) is 15.7. The number of methoxy groups -OCH3 is 2. The molecule has 0 saturated heterocycles. The average Bonchev–Trinajstić information content (AvgIpc) is 3.23. The highest BCUT2D eigenvalue weighted by Gasteiger charge is 2.25. The van der Waals surface area contributed by atoms with E-state index in [1.54, 1.807) is 26.4 Å². The molecule has 1 aliphatic heterocycles. The maximum atomic E-state index is 12.6. The highest BCUT2D eigenvalue weighted by Crippen LogP contribution is 2.34. The number of rotatable bonds is 5. The molecule has 1 unspecified atom stereocenters. The van der Waals surface area contributed by atoms with Crippen LogP contribution in [0.4, 0.5) is 0 Å². The summed E-state index contributed by atoms with van der Waals surface area (Å²) < 4.78 is 22.1. The number of carbonyl (C=O) groups excluding carboxylic acids is 1. The van der Waals surface area contributed by atoms with Crippen LogP contribution in [0.2, 0.25) is 0 Å². The van der Waals surface area contributed by atoms with Crippen molar-refractivity contribution in [2.75, 3.05) is 20.8 Å². The van der Waals surface area contributed by atoms with Gasteiger partial charge in [-0.3, -0.25) is 4.79 Å². The van der Waals surface area contributed by atoms with Crippen LogP contribution in [0.25, 0.3) is 11.3 Å². The van der Waals surface area contributed by atoms with Gasteiger partial charge in [-0.15, -0.1) is 0 Å². The van der Waals surface area contributed by atoms with Crippen LogP contribution < -0.4 is 19.5 Å². The van der Waals surface area contributed by atoms with E-state index < -0.39 is 0 Å². The highest BCUT2D eigenvalue weighted by molar-refractivity contribution is 5.92. The van der Waals surface area contributed by atoms with Gasteiger partial charge in [-0.05, 0) is 36.8 Å². The lowest BCUT2D eigenvalue weighted by atomic mass is 10.0. The van der Waals surface area contributed by atoms with Crippen molar-refractivity contribution < 1.29 is 23.4 Å². The number of carbonyl (C=O) groups is 1. The number of amides is 1. The summed E-state index contributed by atoms with van der Waals surface area (Å²) in [5.41, 5.74) is 1.85. The smallest absolute Gasteiger partial charge is 0.287 e. The van der Waals surface area contributed by atoms with Crippen molar-refractivity contribution in [2.45, 2.75) is 12.5 Å². The molecule has 2 heterocycles. The van der Waals surface area contributed by atoms with Crippen LogP contribution in [0.15, 0.2) is 59.0 Å². The van der Waals surface area contributed by atoms with Gasteiger partial charge in [0.05, 0.1) is 20.3 Å². The first kappa shape index (κ1) is 18.0. The Kier molecular flexibility index (Phi) is 4.93. The highest BCUT2D eigenvalue weighted by atomic mass is 16.5. The molecule has 0 saturated carbocycles. The van der Waals surface area contributed by atoms with Crippen molar-refractivity contribution in [1.82, 2.24) is 5.32 Å². The minimum atomic E-state index is -0.269. The van der Waals surface area contributed by atoms with E-state index in [0.717, 1.165) is 22.6 Å². The van der Waals surface area contributed by atoms with Crippen LogP contribution in [0.1, 0.15) is 16.1 Å². The molecule has 4 rings (SSSR count). The Balaban J connectivity index is 1.45. The first-order valence-electron chi connectivity index (χ1n) is 9.01. The average molecular weight is 379 g/mol. The van der Waals surface area contributed by atoms with Gasteiger partial charge in [0.25, 0.3) is 5.91 Å². The van der Waals surface area contributed by atoms with Crippen molar-refractivity contribution in [2.24, 2.45) is 0 Å². The zero-order chi connectivity index (χ0) is 19.5. The zero-order valence-corrected chi connectivity index (χ0v) is 15.7. The quantitative estimate of drug-likeness (QED) is 0.732. The number of fused-ring (bicyclic) bond motifs is 1. The largest absolute Gasteiger partial charge is 0.497 e. The van der Waals surface area contributed by atoms with Gasteiger partial charge in [0.15, 0.2) is 17.3 Å². The Morgan fingerprint density at radius 2 is 1.93 bits per heavy atom. The minimum absolute atomic E-state index is 0.141. The van der Waals surface area contributed by atoms with Gasteiger partial charge in [0.2, 0.25) is 0 Å². The normalized spacial score (nSPS) is 15.3. The maximum absolute atomic E-state index is 12.6. The standard InChI is InChI=1S/C22H21NO5/c1-25-17-7-3-5-14(12-17)18-9-10-20(28-18)22(24)23-16-11-15-6-4-8-19(26-2)21(15)27-13-16/h3-10,12,16H,11,13H2,1-2H3,(H,23,24). The van der Waals surface area contributed by atoms with E-state index in [1.165, 1.54) is 0 Å². The lowest BCUT2D eigenvalue weighted by molar-refractivity contribution is 0.0887. The molecule has 0 fully saturated rings. The fraction of sp³-hybridized carbons (Fsp3) is 0.227. The number of hydrogen-bond donors (Lipinski definition) is 1. The molecule has 6 nitrogen and oxygen atoms in total. The van der Waals surface area contributed by atoms with E-state index in [1.807, 2.05) is 42.5 Å². The molecule has 0 radical (unpaired) electrons. The molecule has 2 aromatic carbocycles. The molecule has 0 bridgehead atoms. The number of ether oxygens (including phenoxy) is 3. The Bertz CT molecular complexity index is 994. The fourth-order valence-corrected chi connectivity index (χ4v) is 3.30. The molecule has 0 spiro atoms. The number of benzene rings is 2. The second kappa shape index (κ2) is 7.68. The van der Waals surface area contributed by atoms with Gasteiger partial charge in [0.1, 0.15) is 18.1 Å². The van der Waals surface area contributed by atoms with Crippen LogP contribution in [0.5, 0.6) is 17.2 Å². The molecule has 3 aromatic rings. The van der Waals surface area contributed by atoms with E-state index in [0.29, 0.717) is 24.5 Å². The molecule has 0 aliphatic carbocycles. The summed E-state index contributed by atoms with van der Waals surface area (Å²) in [5.74, 6) is 2.78. The van der Waals surface area contributed by atoms with Crippen LogP contribution in [-0.2, 0) is 6.42 Å². The van der Waals surface area contributed by atoms with E-state index in [9.17, 15) is 4.79 Å². The van der Waals surface area contributed by atoms with Crippen LogP contribution in [0, 0.1) is 0 Å². The first-order valence-corrected chi connectivity index (χ1v) is 9.01. The Morgan fingerprint density at radius 1 is 1.07 bits per heavy atom. The molecule has 1 aromatic heterocycles. The Morgan fingerprint density at radius 3 is 2.75 bits per heavy atom. The summed E-state index contributed by atoms with van der Waals surface area (Å²) in [6.45, 7) is 0.378. The first-order chi connectivity index (χ1) is 13.7. The summed E-state index contributed by atoms with van der Waals surface area (Å²) in [6.07, 6.45) is 0.668. The molecule has 1 aliphatic rings. The second-order valence-corrected chi connectivity index (χ2v) is 6.53. The number of hydrogen-bond acceptors (Lipinski definition) is 5. The fourth-order valence-electron chi connectivity index (χ4n) is 3.30. The third kappa shape index (κ3) is 3.53. The Labute approximate surface area is 163 Å². The Hall–Kier alpha value is -3.41. The van der Waals surface area contributed by atoms with Crippen molar-refractivity contribution in [1.29, 1.82) is 0 Å². The van der Waals surface area contributed by atoms with Gasteiger partial charge in [-0.1, -0.05) is 24.3 Å². The maximum Gasteiger partial charge on any atom is 0.287 e. The third-order valence-electron chi connectivity index (χ3n) is 4.69. The molecular weight excluding hydrogens is 358 g/mol. The SMILES string of the molecule is COc1cccc(-c2ccc(C(=O)NC3COc4c(cccc4OC)C3)o2)c1. The number of furan rings is 1. The minimum Gasteiger partial charge on any atom is -0.497 e. The predicted octanol–water partition coefficient (Wildman–Crippen LogP) is 3.70. The summed E-state index contributed by atoms with van der Waals surface area (Å²) in [7, 11) is 3.23. The van der Waals surface area contributed by atoms with E-state index in [2.05, 4.69) is 5.32 Å². The lowest BCUT2D eigenvalue weighted by Gasteiger charge is -2.26. The molecular formula is C22H21NO5. The van der Waals surface area contributed by atoms with Crippen molar-refractivity contribution in [3.8, 4) is 28.6 Å². The summed E-state index contributed by atoms with van der Waals surface area (Å²) in [6, 6.07) is 16.6. The van der Waals surface area contributed by atoms with Gasteiger partial charge in [-0.2, -0.15) is 0 Å². The molecule has 144 valence electrons. The van der Waals surface area contributed by atoms with E-state index in [-0.39, 0.29) is 17.7 Å². The van der Waals surface area contributed by atoms with Gasteiger partial charge < -0.3 is 23.9 Å². The van der Waals surface area contributed by atoms with Crippen LogP contribution >= 0.6 is 0 Å². The molecule has 1 N–H and O–H groups in total. The van der Waals surface area contributed by atoms with Crippen molar-refractivity contribution in [3.63, 3.8) is 0 Å². The monoisotopic (exact) mass is 379 g/mol. The topological polar surface area (TPSA) is 69.9 Å². The molecule has 6 heteroatoms. The molecule has 28 heavy (non-hydrogen) atoms. The number of nitrogens with one attached hydrogen (secondary N) is 1. The van der Waals surface area contributed by atoms with Gasteiger partial charge in [0, 0.05) is 11.1 Å². The van der Waals surface area contributed by atoms with E-state index >= 15 is 0 Å². The van der Waals surface area contributed by atoms with E-state index in [4.69, 9.17) is 18.6 Å². The van der Waals surface area contributed by atoms with Gasteiger partial charge in [-0.25, -0.2) is 0 Å². The summed E-state index contributed by atoms with van der Waals surface area (Å²) >= 11 is 0. The molecule has 1 atom stereocenters. The molecule has 1 amide bonds. The third-order valence-corrected chi connectivity index (χ3v) is 4.69. The van der Waals surface area contributed by atoms with Crippen molar-refractivity contribution in [3.05, 3.63) is 65.9 Å². The number of para-hydroxylation sites is 1. The van der Waals surface area contributed by atoms with Crippen LogP contribution in [-0.4, -0.2) is 32.8 Å². The second-order valence-electron chi connectivity index (χ2n) is 6.53. The van der Waals surface area contributed by atoms with Crippen LogP contribution in [0.3, 0.4) is 0 Å². The summed E-state index contributed by atoms with van der Waals surface area (Å²) in [4.78, 5) is 12.6. The lowest BCUT2D eigenvalue weighted by Crippen LogP contribution is -2.42. The van der Waals surface area contributed by atoms with Crippen molar-refractivity contribution >= 4 is 5.91 Å².